The quantitative estimate of drug-likeness (QED) is 0.794. The molecule has 1 aliphatic rings. The van der Waals surface area contributed by atoms with Crippen LogP contribution in [0.1, 0.15) is 6.42 Å². The summed E-state index contributed by atoms with van der Waals surface area (Å²) in [6.07, 6.45) is -0.0144. The van der Waals surface area contributed by atoms with Crippen LogP contribution < -0.4 is 10.2 Å². The Labute approximate surface area is 152 Å². The van der Waals surface area contributed by atoms with Gasteiger partial charge in [0.2, 0.25) is 11.8 Å². The van der Waals surface area contributed by atoms with E-state index in [1.165, 1.54) is 47.4 Å². The lowest BCUT2D eigenvalue weighted by molar-refractivity contribution is -0.122. The lowest BCUT2D eigenvalue weighted by Crippen LogP contribution is -2.28. The zero-order chi connectivity index (χ0) is 18.7. The molecule has 1 fully saturated rings. The number of halogens is 3. The summed E-state index contributed by atoms with van der Waals surface area (Å²) in [6.45, 7) is 0.0882. The average Bonchev–Trinajstić information content (AvgIpc) is 2.98. The molecular weight excluding hydrogens is 365 g/mol. The van der Waals surface area contributed by atoms with E-state index in [2.05, 4.69) is 5.32 Å². The van der Waals surface area contributed by atoms with Gasteiger partial charge in [-0.1, -0.05) is 23.9 Å². The van der Waals surface area contributed by atoms with Crippen LogP contribution in [0.2, 0.25) is 0 Å². The Bertz CT molecular complexity index is 814. The van der Waals surface area contributed by atoms with Crippen molar-refractivity contribution in [3.8, 4) is 0 Å². The first-order chi connectivity index (χ1) is 12.4. The molecule has 1 heterocycles. The molecule has 2 amide bonds. The first kappa shape index (κ1) is 18.3. The van der Waals surface area contributed by atoms with Crippen molar-refractivity contribution in [1.29, 1.82) is 0 Å². The number of rotatable bonds is 5. The molecule has 1 saturated heterocycles. The summed E-state index contributed by atoms with van der Waals surface area (Å²) in [4.78, 5) is 26.2. The maximum Gasteiger partial charge on any atom is 0.288 e. The number of thioether (sulfide) groups is 1. The maximum atomic E-state index is 13.9. The SMILES string of the molecule is O=C(Nc1ccc(SC(F)F)cc1)C1CC(=O)N(c2ccccc2F)C1. The Kier molecular flexibility index (Phi) is 5.51. The predicted molar refractivity (Wildman–Crippen MR) is 93.8 cm³/mol. The summed E-state index contributed by atoms with van der Waals surface area (Å²) in [5.74, 6) is -4.33. The molecule has 3 rings (SSSR count). The average molecular weight is 380 g/mol. The fourth-order valence-corrected chi connectivity index (χ4v) is 3.25. The van der Waals surface area contributed by atoms with Crippen molar-refractivity contribution < 1.29 is 22.8 Å². The van der Waals surface area contributed by atoms with Crippen LogP contribution in [0.15, 0.2) is 53.4 Å². The van der Waals surface area contributed by atoms with E-state index in [9.17, 15) is 22.8 Å². The van der Waals surface area contributed by atoms with Crippen molar-refractivity contribution in [3.05, 3.63) is 54.3 Å². The van der Waals surface area contributed by atoms with Crippen LogP contribution in [0.25, 0.3) is 0 Å². The first-order valence-electron chi connectivity index (χ1n) is 7.84. The van der Waals surface area contributed by atoms with Crippen LogP contribution >= 0.6 is 11.8 Å². The number of nitrogens with zero attached hydrogens (tertiary/aromatic N) is 1. The van der Waals surface area contributed by atoms with Gasteiger partial charge in [0.25, 0.3) is 5.76 Å². The van der Waals surface area contributed by atoms with Gasteiger partial charge in [-0.15, -0.1) is 0 Å². The van der Waals surface area contributed by atoms with Crippen molar-refractivity contribution in [1.82, 2.24) is 0 Å². The number of alkyl halides is 2. The molecule has 1 aliphatic heterocycles. The molecule has 2 aromatic carbocycles. The van der Waals surface area contributed by atoms with Gasteiger partial charge in [0.15, 0.2) is 0 Å². The number of para-hydroxylation sites is 1. The minimum atomic E-state index is -2.51. The Morgan fingerprint density at radius 3 is 2.50 bits per heavy atom. The fourth-order valence-electron chi connectivity index (χ4n) is 2.75. The zero-order valence-electron chi connectivity index (χ0n) is 13.5. The van der Waals surface area contributed by atoms with Gasteiger partial charge in [-0.2, -0.15) is 8.78 Å². The van der Waals surface area contributed by atoms with Crippen molar-refractivity contribution in [2.24, 2.45) is 5.92 Å². The molecule has 1 N–H and O–H groups in total. The van der Waals surface area contributed by atoms with Gasteiger partial charge in [-0.25, -0.2) is 4.39 Å². The second-order valence-corrected chi connectivity index (χ2v) is 6.81. The molecule has 0 spiro atoms. The van der Waals surface area contributed by atoms with Gasteiger partial charge in [0, 0.05) is 23.5 Å². The number of carbonyl (C=O) groups excluding carboxylic acids is 2. The van der Waals surface area contributed by atoms with E-state index in [0.29, 0.717) is 22.3 Å². The number of carbonyl (C=O) groups is 2. The van der Waals surface area contributed by atoms with Crippen molar-refractivity contribution in [3.63, 3.8) is 0 Å². The highest BCUT2D eigenvalue weighted by atomic mass is 32.2. The Hall–Kier alpha value is -2.48. The number of nitrogens with one attached hydrogen (secondary N) is 1. The summed E-state index contributed by atoms with van der Waals surface area (Å²) in [6, 6.07) is 11.9. The van der Waals surface area contributed by atoms with Gasteiger partial charge in [0.05, 0.1) is 11.6 Å². The summed E-state index contributed by atoms with van der Waals surface area (Å²) in [7, 11) is 0. The van der Waals surface area contributed by atoms with Crippen LogP contribution in [0.4, 0.5) is 24.5 Å². The van der Waals surface area contributed by atoms with Crippen LogP contribution in [0, 0.1) is 11.7 Å². The van der Waals surface area contributed by atoms with E-state index in [0.717, 1.165) is 0 Å². The number of hydrogen-bond donors (Lipinski definition) is 1. The standard InChI is InChI=1S/C18H15F3N2O2S/c19-14-3-1-2-4-15(14)23-10-11(9-16(23)24)17(25)22-12-5-7-13(8-6-12)26-18(20)21/h1-8,11,18H,9-10H2,(H,22,25). The zero-order valence-corrected chi connectivity index (χ0v) is 14.3. The van der Waals surface area contributed by atoms with Crippen LogP contribution in [0.5, 0.6) is 0 Å². The monoisotopic (exact) mass is 380 g/mol. The smallest absolute Gasteiger partial charge is 0.288 e. The molecule has 8 heteroatoms. The van der Waals surface area contributed by atoms with Crippen molar-refractivity contribution >= 4 is 35.0 Å². The molecule has 0 aromatic heterocycles. The molecule has 0 bridgehead atoms. The first-order valence-corrected chi connectivity index (χ1v) is 8.72. The van der Waals surface area contributed by atoms with Gasteiger partial charge in [0.1, 0.15) is 5.82 Å². The number of anilines is 2. The predicted octanol–water partition coefficient (Wildman–Crippen LogP) is 4.13. The van der Waals surface area contributed by atoms with E-state index in [1.54, 1.807) is 6.07 Å². The van der Waals surface area contributed by atoms with Gasteiger partial charge >= 0.3 is 0 Å². The largest absolute Gasteiger partial charge is 0.326 e. The van der Waals surface area contributed by atoms with Gasteiger partial charge in [-0.3, -0.25) is 9.59 Å². The molecule has 4 nitrogen and oxygen atoms in total. The fraction of sp³-hybridized carbons (Fsp3) is 0.222. The topological polar surface area (TPSA) is 49.4 Å². The van der Waals surface area contributed by atoms with Crippen LogP contribution in [-0.2, 0) is 9.59 Å². The summed E-state index contributed by atoms with van der Waals surface area (Å²) in [5, 5.41) is 2.66. The molecule has 0 aliphatic carbocycles. The Balaban J connectivity index is 1.64. The molecular formula is C18H15F3N2O2S. The van der Waals surface area contributed by atoms with Gasteiger partial charge in [-0.05, 0) is 36.4 Å². The van der Waals surface area contributed by atoms with E-state index in [4.69, 9.17) is 0 Å². The van der Waals surface area contributed by atoms with Crippen molar-refractivity contribution in [2.45, 2.75) is 17.1 Å². The van der Waals surface area contributed by atoms with E-state index >= 15 is 0 Å². The normalized spacial score (nSPS) is 17.0. The highest BCUT2D eigenvalue weighted by molar-refractivity contribution is 7.99. The number of amides is 2. The van der Waals surface area contributed by atoms with E-state index in [-0.39, 0.29) is 30.5 Å². The molecule has 1 atom stereocenters. The third-order valence-corrected chi connectivity index (χ3v) is 4.71. The molecule has 26 heavy (non-hydrogen) atoms. The molecule has 136 valence electrons. The maximum absolute atomic E-state index is 13.9. The second kappa shape index (κ2) is 7.82. The minimum Gasteiger partial charge on any atom is -0.326 e. The minimum absolute atomic E-state index is 0.0144. The highest BCUT2D eigenvalue weighted by Gasteiger charge is 2.36. The summed E-state index contributed by atoms with van der Waals surface area (Å²) in [5.41, 5.74) is 0.603. The third-order valence-electron chi connectivity index (χ3n) is 3.99. The Morgan fingerprint density at radius 2 is 1.85 bits per heavy atom. The van der Waals surface area contributed by atoms with E-state index in [1.807, 2.05) is 0 Å². The molecule has 2 aromatic rings. The molecule has 0 radical (unpaired) electrons. The Morgan fingerprint density at radius 1 is 1.15 bits per heavy atom. The third kappa shape index (κ3) is 4.19. The molecule has 0 saturated carbocycles. The summed E-state index contributed by atoms with van der Waals surface area (Å²) >= 11 is 0.418. The van der Waals surface area contributed by atoms with E-state index < -0.39 is 17.5 Å². The highest BCUT2D eigenvalue weighted by Crippen LogP contribution is 2.29. The van der Waals surface area contributed by atoms with Gasteiger partial charge < -0.3 is 10.2 Å². The van der Waals surface area contributed by atoms with Crippen molar-refractivity contribution in [2.75, 3.05) is 16.8 Å². The van der Waals surface area contributed by atoms with Crippen LogP contribution in [-0.4, -0.2) is 24.1 Å². The lowest BCUT2D eigenvalue weighted by Gasteiger charge is -2.17. The lowest BCUT2D eigenvalue weighted by atomic mass is 10.1. The summed E-state index contributed by atoms with van der Waals surface area (Å²) < 4.78 is 38.5. The van der Waals surface area contributed by atoms with Crippen LogP contribution in [0.3, 0.4) is 0 Å². The molecule has 1 unspecified atom stereocenters. The number of hydrogen-bond acceptors (Lipinski definition) is 3. The second-order valence-electron chi connectivity index (χ2n) is 5.75. The number of benzene rings is 2.